The molecule has 0 atom stereocenters. The predicted octanol–water partition coefficient (Wildman–Crippen LogP) is 4.22. The van der Waals surface area contributed by atoms with Crippen LogP contribution >= 0.6 is 0 Å². The molecule has 3 nitrogen and oxygen atoms in total. The van der Waals surface area contributed by atoms with E-state index in [9.17, 15) is 0 Å². The Balaban J connectivity index is 0.000000180. The number of hydrogen-bond acceptors (Lipinski definition) is 2. The Labute approximate surface area is 110 Å². The Hall–Kier alpha value is -1.51. The molecule has 0 unspecified atom stereocenters. The first kappa shape index (κ1) is 14.6. The second-order valence-corrected chi connectivity index (χ2v) is 6.35. The van der Waals surface area contributed by atoms with Crippen molar-refractivity contribution in [1.82, 2.24) is 9.78 Å². The highest BCUT2D eigenvalue weighted by Gasteiger charge is 2.15. The lowest BCUT2D eigenvalue weighted by atomic mass is 9.94. The fourth-order valence-electron chi connectivity index (χ4n) is 1.37. The second kappa shape index (κ2) is 5.42. The van der Waals surface area contributed by atoms with Crippen LogP contribution in [-0.2, 0) is 11.0 Å². The van der Waals surface area contributed by atoms with Crippen LogP contribution in [0.15, 0.2) is 41.3 Å². The fourth-order valence-corrected chi connectivity index (χ4v) is 1.37. The van der Waals surface area contributed by atoms with Crippen molar-refractivity contribution in [2.45, 2.75) is 52.5 Å². The summed E-state index contributed by atoms with van der Waals surface area (Å²) in [5.41, 5.74) is 0.285. The lowest BCUT2D eigenvalue weighted by Gasteiger charge is -2.18. The summed E-state index contributed by atoms with van der Waals surface area (Å²) >= 11 is 0. The molecule has 0 saturated carbocycles. The van der Waals surface area contributed by atoms with E-state index in [4.69, 9.17) is 4.42 Å². The van der Waals surface area contributed by atoms with E-state index in [-0.39, 0.29) is 11.0 Å². The first-order chi connectivity index (χ1) is 8.21. The van der Waals surface area contributed by atoms with Gasteiger partial charge in [-0.3, -0.25) is 4.68 Å². The van der Waals surface area contributed by atoms with Gasteiger partial charge in [-0.25, -0.2) is 0 Å². The van der Waals surface area contributed by atoms with Crippen molar-refractivity contribution in [3.05, 3.63) is 42.6 Å². The molecule has 0 bridgehead atoms. The monoisotopic (exact) mass is 248 g/mol. The summed E-state index contributed by atoms with van der Waals surface area (Å²) in [5, 5.41) is 4.10. The number of furan rings is 1. The van der Waals surface area contributed by atoms with Gasteiger partial charge in [0, 0.05) is 17.8 Å². The average Bonchev–Trinajstić information content (AvgIpc) is 2.91. The Kier molecular flexibility index (Phi) is 4.38. The Bertz CT molecular complexity index is 384. The normalized spacial score (nSPS) is 11.9. The van der Waals surface area contributed by atoms with Crippen LogP contribution in [0.1, 0.15) is 47.3 Å². The molecule has 0 fully saturated rings. The molecule has 2 heterocycles. The third-order valence-electron chi connectivity index (χ3n) is 2.45. The first-order valence-corrected chi connectivity index (χ1v) is 6.25. The fraction of sp³-hybridized carbons (Fsp3) is 0.533. The van der Waals surface area contributed by atoms with Gasteiger partial charge in [0.2, 0.25) is 0 Å². The quantitative estimate of drug-likeness (QED) is 0.699. The largest absolute Gasteiger partial charge is 0.469 e. The standard InChI is InChI=1S/C8H12O.C7H12N2/c1-8(2,3)7-5-4-6-9-7;1-7(2,3)9-6-4-5-8-9/h2*4-6H,1-3H3. The molecule has 0 aliphatic carbocycles. The number of hydrogen-bond donors (Lipinski definition) is 0. The third kappa shape index (κ3) is 4.40. The van der Waals surface area contributed by atoms with Crippen molar-refractivity contribution in [3.8, 4) is 0 Å². The summed E-state index contributed by atoms with van der Waals surface area (Å²) < 4.78 is 7.14. The van der Waals surface area contributed by atoms with Gasteiger partial charge in [-0.1, -0.05) is 20.8 Å². The minimum Gasteiger partial charge on any atom is -0.469 e. The molecule has 0 spiro atoms. The zero-order valence-corrected chi connectivity index (χ0v) is 12.3. The molecule has 18 heavy (non-hydrogen) atoms. The Morgan fingerprint density at radius 3 is 1.94 bits per heavy atom. The van der Waals surface area contributed by atoms with Gasteiger partial charge in [0.1, 0.15) is 5.76 Å². The van der Waals surface area contributed by atoms with E-state index < -0.39 is 0 Å². The summed E-state index contributed by atoms with van der Waals surface area (Å²) in [4.78, 5) is 0. The van der Waals surface area contributed by atoms with Gasteiger partial charge in [0.15, 0.2) is 0 Å². The first-order valence-electron chi connectivity index (χ1n) is 6.25. The zero-order valence-electron chi connectivity index (χ0n) is 12.3. The van der Waals surface area contributed by atoms with E-state index in [1.165, 1.54) is 0 Å². The van der Waals surface area contributed by atoms with Crippen LogP contribution in [0.25, 0.3) is 0 Å². The maximum atomic E-state index is 5.20. The maximum absolute atomic E-state index is 5.20. The Morgan fingerprint density at radius 1 is 1.06 bits per heavy atom. The van der Waals surface area contributed by atoms with Gasteiger partial charge in [-0.2, -0.15) is 5.10 Å². The molecule has 100 valence electrons. The van der Waals surface area contributed by atoms with Crippen LogP contribution in [-0.4, -0.2) is 9.78 Å². The van der Waals surface area contributed by atoms with Crippen LogP contribution in [0.3, 0.4) is 0 Å². The summed E-state index contributed by atoms with van der Waals surface area (Å²) in [6.45, 7) is 12.8. The minimum atomic E-state index is 0.128. The molecular formula is C15H24N2O. The van der Waals surface area contributed by atoms with E-state index in [2.05, 4.69) is 46.6 Å². The molecule has 0 aliphatic rings. The average molecular weight is 248 g/mol. The Morgan fingerprint density at radius 2 is 1.72 bits per heavy atom. The molecule has 0 radical (unpaired) electrons. The zero-order chi connectivity index (χ0) is 13.8. The third-order valence-corrected chi connectivity index (χ3v) is 2.45. The molecule has 0 N–H and O–H groups in total. The van der Waals surface area contributed by atoms with Gasteiger partial charge in [0.05, 0.1) is 11.8 Å². The minimum absolute atomic E-state index is 0.128. The molecule has 0 saturated heterocycles. The number of nitrogens with zero attached hydrogens (tertiary/aromatic N) is 2. The summed E-state index contributed by atoms with van der Waals surface area (Å²) in [7, 11) is 0. The van der Waals surface area contributed by atoms with E-state index in [0.29, 0.717) is 0 Å². The van der Waals surface area contributed by atoms with Crippen LogP contribution in [0, 0.1) is 0 Å². The molecular weight excluding hydrogens is 224 g/mol. The smallest absolute Gasteiger partial charge is 0.109 e. The van der Waals surface area contributed by atoms with Crippen molar-refractivity contribution in [2.75, 3.05) is 0 Å². The lowest BCUT2D eigenvalue weighted by Crippen LogP contribution is -2.21. The molecule has 0 amide bonds. The van der Waals surface area contributed by atoms with Crippen LogP contribution in [0.4, 0.5) is 0 Å². The highest BCUT2D eigenvalue weighted by atomic mass is 16.3. The molecule has 2 rings (SSSR count). The van der Waals surface area contributed by atoms with Crippen LogP contribution in [0.5, 0.6) is 0 Å². The van der Waals surface area contributed by atoms with Gasteiger partial charge < -0.3 is 4.42 Å². The van der Waals surface area contributed by atoms with E-state index in [0.717, 1.165) is 5.76 Å². The predicted molar refractivity (Wildman–Crippen MR) is 74.6 cm³/mol. The summed E-state index contributed by atoms with van der Waals surface area (Å²) in [5.74, 6) is 1.04. The van der Waals surface area contributed by atoms with Crippen molar-refractivity contribution in [2.24, 2.45) is 0 Å². The van der Waals surface area contributed by atoms with E-state index >= 15 is 0 Å². The van der Waals surface area contributed by atoms with Gasteiger partial charge in [-0.05, 0) is 39.0 Å². The van der Waals surface area contributed by atoms with Crippen LogP contribution in [0.2, 0.25) is 0 Å². The van der Waals surface area contributed by atoms with E-state index in [1.54, 1.807) is 12.5 Å². The molecule has 0 aromatic carbocycles. The highest BCUT2D eigenvalue weighted by Crippen LogP contribution is 2.21. The summed E-state index contributed by atoms with van der Waals surface area (Å²) in [6.07, 6.45) is 5.48. The van der Waals surface area contributed by atoms with Crippen molar-refractivity contribution >= 4 is 0 Å². The van der Waals surface area contributed by atoms with Gasteiger partial charge in [-0.15, -0.1) is 0 Å². The summed E-state index contributed by atoms with van der Waals surface area (Å²) in [6, 6.07) is 5.85. The lowest BCUT2D eigenvalue weighted by molar-refractivity contribution is 0.355. The topological polar surface area (TPSA) is 31.0 Å². The molecule has 2 aromatic heterocycles. The van der Waals surface area contributed by atoms with Crippen molar-refractivity contribution < 1.29 is 4.42 Å². The van der Waals surface area contributed by atoms with Gasteiger partial charge >= 0.3 is 0 Å². The highest BCUT2D eigenvalue weighted by molar-refractivity contribution is 5.08. The molecule has 3 heteroatoms. The van der Waals surface area contributed by atoms with Gasteiger partial charge in [0.25, 0.3) is 0 Å². The van der Waals surface area contributed by atoms with Crippen LogP contribution < -0.4 is 0 Å². The second-order valence-electron chi connectivity index (χ2n) is 6.35. The SMILES string of the molecule is CC(C)(C)c1ccco1.CC(C)(C)n1cccn1. The maximum Gasteiger partial charge on any atom is 0.109 e. The van der Waals surface area contributed by atoms with Crippen molar-refractivity contribution in [1.29, 1.82) is 0 Å². The van der Waals surface area contributed by atoms with E-state index in [1.807, 2.05) is 29.1 Å². The van der Waals surface area contributed by atoms with Crippen molar-refractivity contribution in [3.63, 3.8) is 0 Å². The molecule has 0 aliphatic heterocycles. The number of rotatable bonds is 0. The molecule has 2 aromatic rings. The number of aromatic nitrogens is 2.